The molecule has 31 heavy (non-hydrogen) atoms. The van der Waals surface area contributed by atoms with E-state index in [0.717, 1.165) is 28.0 Å². The Morgan fingerprint density at radius 2 is 1.61 bits per heavy atom. The van der Waals surface area contributed by atoms with E-state index in [9.17, 15) is 4.79 Å². The average molecular weight is 412 g/mol. The summed E-state index contributed by atoms with van der Waals surface area (Å²) < 4.78 is 12.5. The van der Waals surface area contributed by atoms with E-state index < -0.39 is 11.0 Å². The van der Waals surface area contributed by atoms with E-state index in [1.807, 2.05) is 24.1 Å². The van der Waals surface area contributed by atoms with Crippen LogP contribution in [0.3, 0.4) is 0 Å². The molecular formula is C27H25NO3. The van der Waals surface area contributed by atoms with Crippen LogP contribution in [0, 0.1) is 5.41 Å². The van der Waals surface area contributed by atoms with Crippen LogP contribution in [0.15, 0.2) is 66.7 Å². The van der Waals surface area contributed by atoms with Gasteiger partial charge in [0.25, 0.3) is 0 Å². The molecule has 0 bridgehead atoms. The highest BCUT2D eigenvalue weighted by Gasteiger charge is 2.60. The Labute approximate surface area is 182 Å². The van der Waals surface area contributed by atoms with Gasteiger partial charge in [0.15, 0.2) is 0 Å². The molecule has 2 unspecified atom stereocenters. The number of nitrogens with zero attached hydrogens (tertiary/aromatic N) is 1. The molecule has 4 heteroatoms. The van der Waals surface area contributed by atoms with Crippen molar-refractivity contribution in [2.75, 3.05) is 31.8 Å². The fraction of sp³-hybridized carbons (Fsp3) is 0.296. The molecule has 1 spiro atoms. The van der Waals surface area contributed by atoms with Crippen molar-refractivity contribution in [1.29, 1.82) is 0 Å². The van der Waals surface area contributed by atoms with E-state index in [4.69, 9.17) is 9.47 Å². The molecule has 0 aromatic heterocycles. The second-order valence-corrected chi connectivity index (χ2v) is 9.06. The lowest BCUT2D eigenvalue weighted by molar-refractivity contribution is -0.142. The number of benzene rings is 3. The van der Waals surface area contributed by atoms with Crippen LogP contribution < -0.4 is 4.90 Å². The van der Waals surface area contributed by atoms with Crippen molar-refractivity contribution in [3.63, 3.8) is 0 Å². The van der Waals surface area contributed by atoms with Gasteiger partial charge in [-0.3, -0.25) is 4.79 Å². The van der Waals surface area contributed by atoms with Crippen LogP contribution in [0.4, 0.5) is 5.69 Å². The molecule has 6 rings (SSSR count). The summed E-state index contributed by atoms with van der Waals surface area (Å²) in [6, 6.07) is 23.1. The van der Waals surface area contributed by atoms with Gasteiger partial charge in [0.05, 0.1) is 30.9 Å². The van der Waals surface area contributed by atoms with Crippen LogP contribution in [0.25, 0.3) is 21.9 Å². The lowest BCUT2D eigenvalue weighted by Crippen LogP contribution is -2.48. The van der Waals surface area contributed by atoms with Crippen molar-refractivity contribution < 1.29 is 14.3 Å². The smallest absolute Gasteiger partial charge is 0.237 e. The zero-order chi connectivity index (χ0) is 21.2. The van der Waals surface area contributed by atoms with Gasteiger partial charge in [0, 0.05) is 19.0 Å². The zero-order valence-corrected chi connectivity index (χ0v) is 17.9. The molecule has 1 fully saturated rings. The van der Waals surface area contributed by atoms with E-state index in [-0.39, 0.29) is 5.91 Å². The molecule has 0 saturated carbocycles. The highest BCUT2D eigenvalue weighted by atomic mass is 16.6. The third-order valence-electron chi connectivity index (χ3n) is 7.21. The quantitative estimate of drug-likeness (QED) is 0.570. The Kier molecular flexibility index (Phi) is 3.95. The van der Waals surface area contributed by atoms with Gasteiger partial charge >= 0.3 is 0 Å². The topological polar surface area (TPSA) is 38.8 Å². The third-order valence-corrected chi connectivity index (χ3v) is 7.21. The molecule has 3 aromatic rings. The molecule has 2 aliphatic heterocycles. The van der Waals surface area contributed by atoms with Gasteiger partial charge in [-0.1, -0.05) is 60.7 Å². The summed E-state index contributed by atoms with van der Waals surface area (Å²) in [4.78, 5) is 15.6. The Morgan fingerprint density at radius 3 is 2.45 bits per heavy atom. The van der Waals surface area contributed by atoms with Crippen molar-refractivity contribution in [1.82, 2.24) is 0 Å². The van der Waals surface area contributed by atoms with Crippen LogP contribution in [0.5, 0.6) is 0 Å². The fourth-order valence-corrected chi connectivity index (χ4v) is 5.97. The standard InChI is InChI=1S/C27H25NO3/c1-26-16-27(17-30-14-15-31-27)24(20-12-7-9-18-8-3-4-10-19(18)20)23(26)21-11-5-6-13-22(21)28(2)25(26)29/h3-13H,14-17H2,1-2H3. The van der Waals surface area contributed by atoms with Crippen LogP contribution in [-0.2, 0) is 14.3 Å². The molecule has 1 saturated heterocycles. The molecule has 0 radical (unpaired) electrons. The largest absolute Gasteiger partial charge is 0.376 e. The van der Waals surface area contributed by atoms with Gasteiger partial charge in [0.2, 0.25) is 5.91 Å². The van der Waals surface area contributed by atoms with Crippen molar-refractivity contribution >= 4 is 33.5 Å². The summed E-state index contributed by atoms with van der Waals surface area (Å²) in [5.74, 6) is 0.116. The van der Waals surface area contributed by atoms with Crippen molar-refractivity contribution in [2.45, 2.75) is 18.9 Å². The number of para-hydroxylation sites is 1. The highest BCUT2D eigenvalue weighted by molar-refractivity contribution is 6.20. The molecule has 156 valence electrons. The molecule has 2 heterocycles. The van der Waals surface area contributed by atoms with E-state index in [1.165, 1.54) is 10.8 Å². The number of hydrogen-bond acceptors (Lipinski definition) is 3. The second kappa shape index (κ2) is 6.52. The number of rotatable bonds is 1. The van der Waals surface area contributed by atoms with Crippen LogP contribution in [0.1, 0.15) is 24.5 Å². The number of carbonyl (C=O) groups excluding carboxylic acids is 1. The summed E-state index contributed by atoms with van der Waals surface area (Å²) >= 11 is 0. The SMILES string of the molecule is CN1C(=O)C2(C)CC3(COCCO3)C(c3cccc4ccccc34)=C2c2ccccc21. The maximum absolute atomic E-state index is 13.8. The Balaban J connectivity index is 1.75. The molecule has 4 nitrogen and oxygen atoms in total. The highest BCUT2D eigenvalue weighted by Crippen LogP contribution is 2.62. The summed E-state index contributed by atoms with van der Waals surface area (Å²) in [5.41, 5.74) is 4.09. The minimum atomic E-state index is -0.671. The monoisotopic (exact) mass is 411 g/mol. The predicted molar refractivity (Wildman–Crippen MR) is 123 cm³/mol. The minimum Gasteiger partial charge on any atom is -0.376 e. The first kappa shape index (κ1) is 18.8. The van der Waals surface area contributed by atoms with Crippen LogP contribution in [-0.4, -0.2) is 38.4 Å². The molecule has 0 N–H and O–H groups in total. The van der Waals surface area contributed by atoms with Gasteiger partial charge in [-0.15, -0.1) is 0 Å². The normalized spacial score (nSPS) is 27.7. The van der Waals surface area contributed by atoms with E-state index in [0.29, 0.717) is 26.2 Å². The number of ether oxygens (including phenoxy) is 2. The minimum absolute atomic E-state index is 0.116. The fourth-order valence-electron chi connectivity index (χ4n) is 5.97. The first-order chi connectivity index (χ1) is 15.1. The van der Waals surface area contributed by atoms with Gasteiger partial charge < -0.3 is 14.4 Å². The van der Waals surface area contributed by atoms with Gasteiger partial charge in [-0.2, -0.15) is 0 Å². The molecule has 1 amide bonds. The van der Waals surface area contributed by atoms with Gasteiger partial charge in [-0.05, 0) is 40.5 Å². The first-order valence-electron chi connectivity index (χ1n) is 10.9. The van der Waals surface area contributed by atoms with Crippen LogP contribution in [0.2, 0.25) is 0 Å². The maximum atomic E-state index is 13.8. The average Bonchev–Trinajstić information content (AvgIpc) is 3.06. The summed E-state index contributed by atoms with van der Waals surface area (Å²) in [5, 5.41) is 2.36. The number of amides is 1. The van der Waals surface area contributed by atoms with Crippen LogP contribution >= 0.6 is 0 Å². The van der Waals surface area contributed by atoms with Gasteiger partial charge in [0.1, 0.15) is 5.60 Å². The lowest BCUT2D eigenvalue weighted by atomic mass is 9.74. The summed E-state index contributed by atoms with van der Waals surface area (Å²) in [7, 11) is 1.88. The van der Waals surface area contributed by atoms with E-state index in [1.54, 1.807) is 0 Å². The first-order valence-corrected chi connectivity index (χ1v) is 10.9. The zero-order valence-electron chi connectivity index (χ0n) is 17.9. The van der Waals surface area contributed by atoms with Gasteiger partial charge in [-0.25, -0.2) is 0 Å². The molecule has 2 atom stereocenters. The number of carbonyl (C=O) groups is 1. The molecular weight excluding hydrogens is 386 g/mol. The van der Waals surface area contributed by atoms with Crippen molar-refractivity contribution in [3.8, 4) is 0 Å². The maximum Gasteiger partial charge on any atom is 0.237 e. The Morgan fingerprint density at radius 1 is 0.871 bits per heavy atom. The number of fused-ring (bicyclic) bond motifs is 4. The van der Waals surface area contributed by atoms with E-state index in [2.05, 4.69) is 61.5 Å². The van der Waals surface area contributed by atoms with Crippen molar-refractivity contribution in [2.24, 2.45) is 5.41 Å². The lowest BCUT2D eigenvalue weighted by Gasteiger charge is -2.40. The molecule has 3 aliphatic rings. The Hall–Kier alpha value is -2.95. The molecule has 1 aliphatic carbocycles. The van der Waals surface area contributed by atoms with Crippen molar-refractivity contribution in [3.05, 3.63) is 77.9 Å². The molecule has 3 aromatic carbocycles. The number of anilines is 1. The predicted octanol–water partition coefficient (Wildman–Crippen LogP) is 4.92. The summed E-state index contributed by atoms with van der Waals surface area (Å²) in [6.07, 6.45) is 0.589. The Bertz CT molecular complexity index is 1250. The van der Waals surface area contributed by atoms with E-state index >= 15 is 0 Å². The second-order valence-electron chi connectivity index (χ2n) is 9.06. The third kappa shape index (κ3) is 2.46. The summed E-state index contributed by atoms with van der Waals surface area (Å²) in [6.45, 7) is 3.66. The number of hydrogen-bond donors (Lipinski definition) is 0.